The zero-order valence-electron chi connectivity index (χ0n) is 10.6. The van der Waals surface area contributed by atoms with Crippen LogP contribution in [-0.2, 0) is 11.2 Å². The van der Waals surface area contributed by atoms with Gasteiger partial charge in [-0.05, 0) is 35.9 Å². The summed E-state index contributed by atoms with van der Waals surface area (Å²) in [5.41, 5.74) is 6.66. The third kappa shape index (κ3) is 3.65. The Morgan fingerprint density at radius 2 is 1.80 bits per heavy atom. The molecule has 3 N–H and O–H groups in total. The van der Waals surface area contributed by atoms with Crippen molar-refractivity contribution in [2.24, 2.45) is 5.73 Å². The number of nitrogens with one attached hydrogen (secondary N) is 1. The highest BCUT2D eigenvalue weighted by Gasteiger charge is 2.07. The molecule has 0 spiro atoms. The van der Waals surface area contributed by atoms with Gasteiger partial charge in [0.2, 0.25) is 5.91 Å². The predicted octanol–water partition coefficient (Wildman–Crippen LogP) is 2.11. The normalized spacial score (nSPS) is 10.1. The van der Waals surface area contributed by atoms with E-state index in [-0.39, 0.29) is 12.0 Å². The van der Waals surface area contributed by atoms with Crippen LogP contribution in [0.2, 0.25) is 0 Å². The molecule has 0 bridgehead atoms. The van der Waals surface area contributed by atoms with Crippen LogP contribution in [0.1, 0.15) is 15.9 Å². The van der Waals surface area contributed by atoms with Gasteiger partial charge in [0.25, 0.3) is 5.91 Å². The zero-order valence-corrected chi connectivity index (χ0v) is 10.6. The summed E-state index contributed by atoms with van der Waals surface area (Å²) in [6.45, 7) is 0. The van der Waals surface area contributed by atoms with Gasteiger partial charge in [-0.15, -0.1) is 0 Å². The van der Waals surface area contributed by atoms with E-state index >= 15 is 0 Å². The molecule has 4 nitrogen and oxygen atoms in total. The molecule has 0 atom stereocenters. The van der Waals surface area contributed by atoms with Crippen LogP contribution in [-0.4, -0.2) is 11.8 Å². The number of anilines is 1. The molecule has 0 saturated carbocycles. The number of amides is 2. The van der Waals surface area contributed by atoms with Crippen LogP contribution in [0, 0.1) is 5.82 Å². The first-order chi connectivity index (χ1) is 9.54. The fourth-order valence-corrected chi connectivity index (χ4v) is 1.74. The molecule has 5 heteroatoms. The third-order valence-corrected chi connectivity index (χ3v) is 2.68. The minimum atomic E-state index is -0.463. The number of hydrogen-bond acceptors (Lipinski definition) is 2. The van der Waals surface area contributed by atoms with Crippen LogP contribution >= 0.6 is 0 Å². The van der Waals surface area contributed by atoms with Crippen molar-refractivity contribution in [1.82, 2.24) is 0 Å². The number of halogens is 1. The molecule has 20 heavy (non-hydrogen) atoms. The molecule has 2 amide bonds. The van der Waals surface area contributed by atoms with Crippen molar-refractivity contribution in [2.45, 2.75) is 6.42 Å². The van der Waals surface area contributed by atoms with Crippen LogP contribution in [0.5, 0.6) is 0 Å². The fraction of sp³-hybridized carbons (Fsp3) is 0.0667. The van der Waals surface area contributed by atoms with E-state index in [0.29, 0.717) is 5.69 Å². The molecule has 0 radical (unpaired) electrons. The molecule has 2 aromatic rings. The SMILES string of the molecule is NC(=O)Cc1ccc(NC(=O)c2cccc(F)c2)cc1. The van der Waals surface area contributed by atoms with Crippen LogP contribution in [0.3, 0.4) is 0 Å². The summed E-state index contributed by atoms with van der Waals surface area (Å²) in [7, 11) is 0. The Balaban J connectivity index is 2.06. The Kier molecular flexibility index (Phi) is 4.10. The maximum absolute atomic E-state index is 13.0. The lowest BCUT2D eigenvalue weighted by Crippen LogP contribution is -2.14. The van der Waals surface area contributed by atoms with Crippen molar-refractivity contribution in [3.63, 3.8) is 0 Å². The standard InChI is InChI=1S/C15H13FN2O2/c16-12-3-1-2-11(9-12)15(20)18-13-6-4-10(5-7-13)8-14(17)19/h1-7,9H,8H2,(H2,17,19)(H,18,20). The number of rotatable bonds is 4. The summed E-state index contributed by atoms with van der Waals surface area (Å²) in [5, 5.41) is 2.64. The Bertz CT molecular complexity index is 639. The summed E-state index contributed by atoms with van der Waals surface area (Å²) < 4.78 is 13.0. The Morgan fingerprint density at radius 1 is 1.10 bits per heavy atom. The van der Waals surface area contributed by atoms with Gasteiger partial charge >= 0.3 is 0 Å². The van der Waals surface area contributed by atoms with Gasteiger partial charge in [-0.25, -0.2) is 4.39 Å². The van der Waals surface area contributed by atoms with E-state index in [1.54, 1.807) is 24.3 Å². The number of benzene rings is 2. The lowest BCUT2D eigenvalue weighted by molar-refractivity contribution is -0.117. The first-order valence-corrected chi connectivity index (χ1v) is 5.99. The summed E-state index contributed by atoms with van der Waals surface area (Å²) in [6.07, 6.45) is 0.151. The molecule has 0 saturated heterocycles. The van der Waals surface area contributed by atoms with Gasteiger partial charge in [-0.1, -0.05) is 18.2 Å². The first kappa shape index (κ1) is 13.7. The van der Waals surface area contributed by atoms with E-state index in [4.69, 9.17) is 5.73 Å². The van der Waals surface area contributed by atoms with Gasteiger partial charge in [-0.3, -0.25) is 9.59 Å². The number of nitrogens with two attached hydrogens (primary N) is 1. The predicted molar refractivity (Wildman–Crippen MR) is 73.7 cm³/mol. The van der Waals surface area contributed by atoms with Crippen LogP contribution < -0.4 is 11.1 Å². The maximum Gasteiger partial charge on any atom is 0.255 e. The summed E-state index contributed by atoms with van der Waals surface area (Å²) in [4.78, 5) is 22.6. The van der Waals surface area contributed by atoms with Crippen molar-refractivity contribution < 1.29 is 14.0 Å². The van der Waals surface area contributed by atoms with Gasteiger partial charge in [0, 0.05) is 11.3 Å². The topological polar surface area (TPSA) is 72.2 Å². The molecular weight excluding hydrogens is 259 g/mol. The maximum atomic E-state index is 13.0. The van der Waals surface area contributed by atoms with E-state index in [9.17, 15) is 14.0 Å². The lowest BCUT2D eigenvalue weighted by Gasteiger charge is -2.06. The molecule has 0 heterocycles. The summed E-state index contributed by atoms with van der Waals surface area (Å²) in [5.74, 6) is -1.27. The molecule has 0 aliphatic rings. The number of primary amides is 1. The fourth-order valence-electron chi connectivity index (χ4n) is 1.74. The lowest BCUT2D eigenvalue weighted by atomic mass is 10.1. The van der Waals surface area contributed by atoms with Gasteiger partial charge in [0.05, 0.1) is 6.42 Å². The van der Waals surface area contributed by atoms with Gasteiger partial charge < -0.3 is 11.1 Å². The van der Waals surface area contributed by atoms with Crippen LogP contribution in [0.25, 0.3) is 0 Å². The second-order valence-electron chi connectivity index (χ2n) is 4.30. The molecule has 2 rings (SSSR count). The van der Waals surface area contributed by atoms with Crippen molar-refractivity contribution in [1.29, 1.82) is 0 Å². The van der Waals surface area contributed by atoms with Crippen molar-refractivity contribution in [3.05, 3.63) is 65.5 Å². The second-order valence-corrected chi connectivity index (χ2v) is 4.30. The molecule has 0 aliphatic carbocycles. The van der Waals surface area contributed by atoms with Crippen molar-refractivity contribution in [2.75, 3.05) is 5.32 Å². The Hall–Kier alpha value is -2.69. The number of hydrogen-bond donors (Lipinski definition) is 2. The number of carbonyl (C=O) groups excluding carboxylic acids is 2. The summed E-state index contributed by atoms with van der Waals surface area (Å²) in [6, 6.07) is 12.2. The quantitative estimate of drug-likeness (QED) is 0.894. The molecule has 2 aromatic carbocycles. The average molecular weight is 272 g/mol. The molecule has 0 fully saturated rings. The van der Waals surface area contributed by atoms with E-state index in [0.717, 1.165) is 11.6 Å². The molecule has 102 valence electrons. The van der Waals surface area contributed by atoms with E-state index in [2.05, 4.69) is 5.32 Å². The monoisotopic (exact) mass is 272 g/mol. The van der Waals surface area contributed by atoms with Crippen LogP contribution in [0.15, 0.2) is 48.5 Å². The minimum Gasteiger partial charge on any atom is -0.369 e. The van der Waals surface area contributed by atoms with E-state index in [1.165, 1.54) is 18.2 Å². The average Bonchev–Trinajstić information content (AvgIpc) is 2.40. The second kappa shape index (κ2) is 5.97. The Labute approximate surface area is 115 Å². The smallest absolute Gasteiger partial charge is 0.255 e. The zero-order chi connectivity index (χ0) is 14.5. The van der Waals surface area contributed by atoms with Crippen molar-refractivity contribution in [3.8, 4) is 0 Å². The number of carbonyl (C=O) groups is 2. The molecule has 0 aromatic heterocycles. The van der Waals surface area contributed by atoms with E-state index in [1.807, 2.05) is 0 Å². The highest BCUT2D eigenvalue weighted by atomic mass is 19.1. The van der Waals surface area contributed by atoms with Gasteiger partial charge in [-0.2, -0.15) is 0 Å². The Morgan fingerprint density at radius 3 is 2.40 bits per heavy atom. The van der Waals surface area contributed by atoms with Gasteiger partial charge in [0.15, 0.2) is 0 Å². The minimum absolute atomic E-state index is 0.151. The molecular formula is C15H13FN2O2. The summed E-state index contributed by atoms with van der Waals surface area (Å²) >= 11 is 0. The highest BCUT2D eigenvalue weighted by Crippen LogP contribution is 2.12. The third-order valence-electron chi connectivity index (χ3n) is 2.68. The van der Waals surface area contributed by atoms with Crippen molar-refractivity contribution >= 4 is 17.5 Å². The highest BCUT2D eigenvalue weighted by molar-refractivity contribution is 6.04. The molecule has 0 unspecified atom stereocenters. The van der Waals surface area contributed by atoms with Gasteiger partial charge in [0.1, 0.15) is 5.82 Å². The van der Waals surface area contributed by atoms with E-state index < -0.39 is 17.6 Å². The van der Waals surface area contributed by atoms with Crippen LogP contribution in [0.4, 0.5) is 10.1 Å². The largest absolute Gasteiger partial charge is 0.369 e. The first-order valence-electron chi connectivity index (χ1n) is 5.99. The molecule has 0 aliphatic heterocycles.